The number of anilines is 1. The predicted molar refractivity (Wildman–Crippen MR) is 86.5 cm³/mol. The first-order chi connectivity index (χ1) is 9.83. The maximum atomic E-state index is 6.01. The van der Waals surface area contributed by atoms with E-state index < -0.39 is 0 Å². The summed E-state index contributed by atoms with van der Waals surface area (Å²) in [5.41, 5.74) is 1.13. The summed E-state index contributed by atoms with van der Waals surface area (Å²) in [5.74, 6) is 0.976. The number of hydrogen-bond acceptors (Lipinski definition) is 2. The molecule has 110 valence electrons. The first-order valence-corrected chi connectivity index (χ1v) is 8.44. The van der Waals surface area contributed by atoms with Crippen LogP contribution >= 0.6 is 11.6 Å². The summed E-state index contributed by atoms with van der Waals surface area (Å²) in [5, 5.41) is 4.30. The molecule has 2 fully saturated rings. The van der Waals surface area contributed by atoms with Gasteiger partial charge in [0, 0.05) is 29.8 Å². The molecule has 1 heterocycles. The Bertz CT molecular complexity index is 429. The van der Waals surface area contributed by atoms with Crippen LogP contribution in [-0.2, 0) is 0 Å². The second-order valence-electron chi connectivity index (χ2n) is 6.23. The van der Waals surface area contributed by atoms with Crippen molar-refractivity contribution in [3.63, 3.8) is 0 Å². The molecule has 1 unspecified atom stereocenters. The lowest BCUT2D eigenvalue weighted by molar-refractivity contribution is 0.197. The zero-order valence-electron chi connectivity index (χ0n) is 12.2. The molecule has 0 bridgehead atoms. The molecule has 1 atom stereocenters. The Morgan fingerprint density at radius 1 is 1.15 bits per heavy atom. The van der Waals surface area contributed by atoms with E-state index >= 15 is 0 Å². The van der Waals surface area contributed by atoms with E-state index in [1.807, 2.05) is 18.2 Å². The molecule has 2 aliphatic rings. The highest BCUT2D eigenvalue weighted by Crippen LogP contribution is 2.35. The van der Waals surface area contributed by atoms with E-state index in [2.05, 4.69) is 16.3 Å². The second-order valence-corrected chi connectivity index (χ2v) is 6.66. The third-order valence-electron chi connectivity index (χ3n) is 4.91. The summed E-state index contributed by atoms with van der Waals surface area (Å²) >= 11 is 6.01. The summed E-state index contributed by atoms with van der Waals surface area (Å²) in [6.45, 7) is 3.47. The number of rotatable bonds is 5. The zero-order valence-corrected chi connectivity index (χ0v) is 12.9. The molecule has 1 saturated carbocycles. The van der Waals surface area contributed by atoms with Crippen LogP contribution in [0.25, 0.3) is 0 Å². The van der Waals surface area contributed by atoms with Crippen molar-refractivity contribution in [2.24, 2.45) is 5.92 Å². The SMILES string of the molecule is Clc1cccc(NCCN2CCCC2C2CCCC2)c1. The van der Waals surface area contributed by atoms with E-state index in [0.717, 1.165) is 35.8 Å². The van der Waals surface area contributed by atoms with Crippen LogP contribution < -0.4 is 5.32 Å². The van der Waals surface area contributed by atoms with E-state index in [9.17, 15) is 0 Å². The van der Waals surface area contributed by atoms with Gasteiger partial charge in [0.25, 0.3) is 0 Å². The maximum absolute atomic E-state index is 6.01. The topological polar surface area (TPSA) is 15.3 Å². The molecule has 3 heteroatoms. The van der Waals surface area contributed by atoms with Crippen LogP contribution in [0.1, 0.15) is 38.5 Å². The molecule has 20 heavy (non-hydrogen) atoms. The molecule has 1 saturated heterocycles. The fourth-order valence-electron chi connectivity index (χ4n) is 3.95. The smallest absolute Gasteiger partial charge is 0.0426 e. The fraction of sp³-hybridized carbons (Fsp3) is 0.647. The highest BCUT2D eigenvalue weighted by molar-refractivity contribution is 6.30. The Kier molecular flexibility index (Phi) is 4.85. The monoisotopic (exact) mass is 292 g/mol. The fourth-order valence-corrected chi connectivity index (χ4v) is 4.14. The van der Waals surface area contributed by atoms with Crippen molar-refractivity contribution < 1.29 is 0 Å². The van der Waals surface area contributed by atoms with Gasteiger partial charge in [-0.3, -0.25) is 4.90 Å². The van der Waals surface area contributed by atoms with Gasteiger partial charge in [0.05, 0.1) is 0 Å². The van der Waals surface area contributed by atoms with Crippen molar-refractivity contribution in [1.82, 2.24) is 4.90 Å². The van der Waals surface area contributed by atoms with Crippen LogP contribution in [-0.4, -0.2) is 30.6 Å². The predicted octanol–water partition coefficient (Wildman–Crippen LogP) is 4.41. The Morgan fingerprint density at radius 3 is 2.80 bits per heavy atom. The Balaban J connectivity index is 1.47. The van der Waals surface area contributed by atoms with Crippen molar-refractivity contribution >= 4 is 17.3 Å². The van der Waals surface area contributed by atoms with Crippen molar-refractivity contribution in [3.8, 4) is 0 Å². The van der Waals surface area contributed by atoms with Gasteiger partial charge in [-0.1, -0.05) is 30.5 Å². The van der Waals surface area contributed by atoms with Crippen molar-refractivity contribution in [2.45, 2.75) is 44.6 Å². The van der Waals surface area contributed by atoms with Gasteiger partial charge in [0.1, 0.15) is 0 Å². The number of nitrogens with one attached hydrogen (secondary N) is 1. The molecule has 1 aromatic rings. The minimum atomic E-state index is 0.806. The van der Waals surface area contributed by atoms with Gasteiger partial charge >= 0.3 is 0 Å². The average molecular weight is 293 g/mol. The van der Waals surface area contributed by atoms with E-state index in [1.165, 1.54) is 45.1 Å². The maximum Gasteiger partial charge on any atom is 0.0426 e. The zero-order chi connectivity index (χ0) is 13.8. The van der Waals surface area contributed by atoms with Crippen LogP contribution in [0.15, 0.2) is 24.3 Å². The second kappa shape index (κ2) is 6.82. The van der Waals surface area contributed by atoms with E-state index in [4.69, 9.17) is 11.6 Å². The Labute approximate surface area is 127 Å². The molecule has 1 N–H and O–H groups in total. The van der Waals surface area contributed by atoms with Gasteiger partial charge in [-0.05, 0) is 56.3 Å². The number of likely N-dealkylation sites (tertiary alicyclic amines) is 1. The highest BCUT2D eigenvalue weighted by atomic mass is 35.5. The minimum Gasteiger partial charge on any atom is -0.384 e. The van der Waals surface area contributed by atoms with Crippen LogP contribution in [0.2, 0.25) is 5.02 Å². The molecule has 0 radical (unpaired) electrons. The number of halogens is 1. The number of nitrogens with zero attached hydrogens (tertiary/aromatic N) is 1. The van der Waals surface area contributed by atoms with Crippen molar-refractivity contribution in [3.05, 3.63) is 29.3 Å². The number of benzene rings is 1. The van der Waals surface area contributed by atoms with Crippen LogP contribution in [0.5, 0.6) is 0 Å². The molecule has 2 nitrogen and oxygen atoms in total. The molecule has 3 rings (SSSR count). The minimum absolute atomic E-state index is 0.806. The van der Waals surface area contributed by atoms with E-state index in [0.29, 0.717) is 0 Å². The highest BCUT2D eigenvalue weighted by Gasteiger charge is 2.32. The molecule has 0 amide bonds. The van der Waals surface area contributed by atoms with Gasteiger partial charge in [0.2, 0.25) is 0 Å². The lowest BCUT2D eigenvalue weighted by Crippen LogP contribution is -2.37. The average Bonchev–Trinajstić information content (AvgIpc) is 3.09. The Morgan fingerprint density at radius 2 is 2.00 bits per heavy atom. The van der Waals surface area contributed by atoms with Crippen molar-refractivity contribution in [1.29, 1.82) is 0 Å². The summed E-state index contributed by atoms with van der Waals surface area (Å²) in [6.07, 6.45) is 8.64. The molecule has 0 spiro atoms. The van der Waals surface area contributed by atoms with Gasteiger partial charge in [-0.15, -0.1) is 0 Å². The summed E-state index contributed by atoms with van der Waals surface area (Å²) < 4.78 is 0. The third-order valence-corrected chi connectivity index (χ3v) is 5.15. The van der Waals surface area contributed by atoms with Crippen LogP contribution in [0.3, 0.4) is 0 Å². The summed E-state index contributed by atoms with van der Waals surface area (Å²) in [4.78, 5) is 2.72. The first-order valence-electron chi connectivity index (χ1n) is 8.06. The lowest BCUT2D eigenvalue weighted by atomic mass is 9.96. The molecular weight excluding hydrogens is 268 g/mol. The molecule has 1 aromatic carbocycles. The third kappa shape index (κ3) is 3.48. The van der Waals surface area contributed by atoms with Gasteiger partial charge < -0.3 is 5.32 Å². The van der Waals surface area contributed by atoms with Crippen LogP contribution in [0.4, 0.5) is 5.69 Å². The van der Waals surface area contributed by atoms with Gasteiger partial charge in [0.15, 0.2) is 0 Å². The molecule has 1 aliphatic heterocycles. The van der Waals surface area contributed by atoms with E-state index in [-0.39, 0.29) is 0 Å². The first kappa shape index (κ1) is 14.2. The van der Waals surface area contributed by atoms with Crippen molar-refractivity contribution in [2.75, 3.05) is 25.0 Å². The van der Waals surface area contributed by atoms with Crippen LogP contribution in [0, 0.1) is 5.92 Å². The normalized spacial score (nSPS) is 24.4. The largest absolute Gasteiger partial charge is 0.384 e. The summed E-state index contributed by atoms with van der Waals surface area (Å²) in [7, 11) is 0. The molecular formula is C17H25ClN2. The van der Waals surface area contributed by atoms with Gasteiger partial charge in [-0.25, -0.2) is 0 Å². The standard InChI is InChI=1S/C17H25ClN2/c18-15-7-3-8-16(13-15)19-10-12-20-11-4-9-17(20)14-5-1-2-6-14/h3,7-8,13-14,17,19H,1-2,4-6,9-12H2. The Hall–Kier alpha value is -0.730. The summed E-state index contributed by atoms with van der Waals surface area (Å²) in [6, 6.07) is 8.87. The molecule has 1 aliphatic carbocycles. The molecule has 0 aromatic heterocycles. The van der Waals surface area contributed by atoms with Gasteiger partial charge in [-0.2, -0.15) is 0 Å². The quantitative estimate of drug-likeness (QED) is 0.865. The van der Waals surface area contributed by atoms with E-state index in [1.54, 1.807) is 0 Å². The number of hydrogen-bond donors (Lipinski definition) is 1. The lowest BCUT2D eigenvalue weighted by Gasteiger charge is -2.29.